The summed E-state index contributed by atoms with van der Waals surface area (Å²) in [6.07, 6.45) is -3.12. The van der Waals surface area contributed by atoms with Gasteiger partial charge in [0.05, 0.1) is 12.0 Å². The molecule has 1 saturated heterocycles. The van der Waals surface area contributed by atoms with E-state index in [0.29, 0.717) is 13.2 Å². The van der Waals surface area contributed by atoms with Gasteiger partial charge in [-0.05, 0) is 37.6 Å². The van der Waals surface area contributed by atoms with Crippen molar-refractivity contribution in [2.75, 3.05) is 13.2 Å². The molecule has 4 atom stereocenters. The first-order valence-electron chi connectivity index (χ1n) is 5.40. The summed E-state index contributed by atoms with van der Waals surface area (Å²) in [6, 6.07) is 0. The van der Waals surface area contributed by atoms with Crippen molar-refractivity contribution < 1.29 is 17.9 Å². The summed E-state index contributed by atoms with van der Waals surface area (Å²) in [5.74, 6) is -0.975. The molecule has 1 aliphatic heterocycles. The highest BCUT2D eigenvalue weighted by atomic mass is 19.4. The fourth-order valence-corrected chi connectivity index (χ4v) is 2.90. The maximum Gasteiger partial charge on any atom is 0.391 e. The summed E-state index contributed by atoms with van der Waals surface area (Å²) in [4.78, 5) is 0. The number of rotatable bonds is 1. The van der Waals surface area contributed by atoms with Crippen LogP contribution in [0.15, 0.2) is 0 Å². The smallest absolute Gasteiger partial charge is 0.378 e. The van der Waals surface area contributed by atoms with E-state index < -0.39 is 12.1 Å². The number of alkyl halides is 3. The number of hydrogen-bond acceptors (Lipinski definition) is 2. The summed E-state index contributed by atoms with van der Waals surface area (Å²) in [5.41, 5.74) is 5.54. The average Bonchev–Trinajstić information content (AvgIpc) is 2.62. The first kappa shape index (κ1) is 11.2. The first-order valence-corrected chi connectivity index (χ1v) is 5.40. The van der Waals surface area contributed by atoms with Crippen LogP contribution in [0.4, 0.5) is 13.2 Å². The largest absolute Gasteiger partial charge is 0.391 e. The topological polar surface area (TPSA) is 35.2 Å². The Hall–Kier alpha value is -0.290. The molecule has 0 bridgehead atoms. The van der Waals surface area contributed by atoms with Crippen LogP contribution < -0.4 is 5.73 Å². The molecular weight excluding hydrogens is 207 g/mol. The molecule has 1 saturated carbocycles. The molecule has 5 heteroatoms. The maximum absolute atomic E-state index is 12.6. The van der Waals surface area contributed by atoms with E-state index in [-0.39, 0.29) is 30.8 Å². The van der Waals surface area contributed by atoms with Gasteiger partial charge in [0.2, 0.25) is 0 Å². The third-order valence-corrected chi connectivity index (χ3v) is 3.74. The lowest BCUT2D eigenvalue weighted by Crippen LogP contribution is -2.42. The van der Waals surface area contributed by atoms with Crippen LogP contribution in [0.25, 0.3) is 0 Å². The lowest BCUT2D eigenvalue weighted by atomic mass is 9.72. The van der Waals surface area contributed by atoms with Crippen LogP contribution in [0.5, 0.6) is 0 Å². The fourth-order valence-electron chi connectivity index (χ4n) is 2.90. The van der Waals surface area contributed by atoms with Gasteiger partial charge in [-0.25, -0.2) is 0 Å². The normalized spacial score (nSPS) is 41.6. The minimum atomic E-state index is -4.09. The van der Waals surface area contributed by atoms with Gasteiger partial charge in [0.25, 0.3) is 0 Å². The Kier molecular flexibility index (Phi) is 2.94. The SMILES string of the molecule is NC[C@@H]1C[C@H](C(F)(F)F)C[C@@H]2OCC[C@@H]12. The second-order valence-corrected chi connectivity index (χ2v) is 4.57. The minimum Gasteiger partial charge on any atom is -0.378 e. The minimum absolute atomic E-state index is 0.0159. The van der Waals surface area contributed by atoms with Crippen molar-refractivity contribution in [2.45, 2.75) is 31.5 Å². The zero-order chi connectivity index (χ0) is 11.1. The number of halogens is 3. The van der Waals surface area contributed by atoms with Gasteiger partial charge in [-0.15, -0.1) is 0 Å². The van der Waals surface area contributed by atoms with E-state index in [1.165, 1.54) is 0 Å². The van der Waals surface area contributed by atoms with Crippen LogP contribution >= 0.6 is 0 Å². The fraction of sp³-hybridized carbons (Fsp3) is 1.00. The zero-order valence-electron chi connectivity index (χ0n) is 8.46. The molecule has 2 fully saturated rings. The molecule has 2 N–H and O–H groups in total. The molecule has 0 aromatic carbocycles. The molecule has 0 unspecified atom stereocenters. The van der Waals surface area contributed by atoms with Gasteiger partial charge >= 0.3 is 6.18 Å². The Morgan fingerprint density at radius 1 is 1.27 bits per heavy atom. The van der Waals surface area contributed by atoms with Crippen molar-refractivity contribution in [3.05, 3.63) is 0 Å². The second kappa shape index (κ2) is 3.94. The van der Waals surface area contributed by atoms with Gasteiger partial charge in [0, 0.05) is 6.61 Å². The van der Waals surface area contributed by atoms with Gasteiger partial charge < -0.3 is 10.5 Å². The predicted octanol–water partition coefficient (Wildman–Crippen LogP) is 1.94. The van der Waals surface area contributed by atoms with E-state index in [9.17, 15) is 13.2 Å². The molecule has 0 amide bonds. The van der Waals surface area contributed by atoms with E-state index in [1.807, 2.05) is 0 Å². The van der Waals surface area contributed by atoms with Crippen molar-refractivity contribution in [1.82, 2.24) is 0 Å². The quantitative estimate of drug-likeness (QED) is 0.737. The van der Waals surface area contributed by atoms with Crippen LogP contribution in [0.2, 0.25) is 0 Å². The first-order chi connectivity index (χ1) is 7.02. The number of fused-ring (bicyclic) bond motifs is 1. The van der Waals surface area contributed by atoms with Crippen molar-refractivity contribution in [2.24, 2.45) is 23.5 Å². The highest BCUT2D eigenvalue weighted by Gasteiger charge is 2.49. The second-order valence-electron chi connectivity index (χ2n) is 4.57. The highest BCUT2D eigenvalue weighted by molar-refractivity contribution is 4.92. The molecule has 0 aromatic heterocycles. The van der Waals surface area contributed by atoms with Gasteiger partial charge in [0.15, 0.2) is 0 Å². The van der Waals surface area contributed by atoms with Gasteiger partial charge in [0.1, 0.15) is 0 Å². The van der Waals surface area contributed by atoms with Crippen molar-refractivity contribution in [1.29, 1.82) is 0 Å². The molecule has 2 aliphatic rings. The Morgan fingerprint density at radius 2 is 2.00 bits per heavy atom. The van der Waals surface area contributed by atoms with Crippen LogP contribution in [0.1, 0.15) is 19.3 Å². The molecule has 0 radical (unpaired) electrons. The number of ether oxygens (including phenoxy) is 1. The standard InChI is InChI=1S/C10H16F3NO/c11-10(12,13)7-3-6(5-14)8-1-2-15-9(8)4-7/h6-9H,1-5,14H2/t6-,7-,8-,9-/m0/s1. The van der Waals surface area contributed by atoms with Gasteiger partial charge in [-0.2, -0.15) is 13.2 Å². The molecule has 1 aliphatic carbocycles. The maximum atomic E-state index is 12.6. The Morgan fingerprint density at radius 3 is 2.60 bits per heavy atom. The Bertz CT molecular complexity index is 231. The molecular formula is C10H16F3NO. The summed E-state index contributed by atoms with van der Waals surface area (Å²) in [6.45, 7) is 0.938. The third kappa shape index (κ3) is 2.13. The number of nitrogens with two attached hydrogens (primary N) is 1. The molecule has 15 heavy (non-hydrogen) atoms. The molecule has 2 nitrogen and oxygen atoms in total. The van der Waals surface area contributed by atoms with E-state index >= 15 is 0 Å². The van der Waals surface area contributed by atoms with E-state index in [1.54, 1.807) is 0 Å². The average molecular weight is 223 g/mol. The van der Waals surface area contributed by atoms with Crippen molar-refractivity contribution >= 4 is 0 Å². The molecule has 1 heterocycles. The summed E-state index contributed by atoms with van der Waals surface area (Å²) in [5, 5.41) is 0. The zero-order valence-corrected chi connectivity index (χ0v) is 8.46. The predicted molar refractivity (Wildman–Crippen MR) is 49.2 cm³/mol. The van der Waals surface area contributed by atoms with E-state index in [4.69, 9.17) is 10.5 Å². The Labute approximate surface area is 87.0 Å². The van der Waals surface area contributed by atoms with E-state index in [0.717, 1.165) is 6.42 Å². The lowest BCUT2D eigenvalue weighted by Gasteiger charge is -2.37. The van der Waals surface area contributed by atoms with Crippen molar-refractivity contribution in [3.63, 3.8) is 0 Å². The molecule has 88 valence electrons. The number of hydrogen-bond donors (Lipinski definition) is 1. The van der Waals surface area contributed by atoms with Crippen LogP contribution in [0.3, 0.4) is 0 Å². The molecule has 0 spiro atoms. The van der Waals surface area contributed by atoms with Gasteiger partial charge in [-0.1, -0.05) is 0 Å². The molecule has 2 rings (SSSR count). The summed E-state index contributed by atoms with van der Waals surface area (Å²) in [7, 11) is 0. The lowest BCUT2D eigenvalue weighted by molar-refractivity contribution is -0.197. The van der Waals surface area contributed by atoms with Crippen LogP contribution in [-0.4, -0.2) is 25.4 Å². The highest BCUT2D eigenvalue weighted by Crippen LogP contribution is 2.46. The third-order valence-electron chi connectivity index (χ3n) is 3.74. The van der Waals surface area contributed by atoms with Crippen LogP contribution in [0, 0.1) is 17.8 Å². The van der Waals surface area contributed by atoms with E-state index in [2.05, 4.69) is 0 Å². The monoisotopic (exact) mass is 223 g/mol. The summed E-state index contributed by atoms with van der Waals surface area (Å²) >= 11 is 0. The summed E-state index contributed by atoms with van der Waals surface area (Å²) < 4.78 is 43.2. The van der Waals surface area contributed by atoms with Crippen molar-refractivity contribution in [3.8, 4) is 0 Å². The Balaban J connectivity index is 2.08. The molecule has 0 aromatic rings. The van der Waals surface area contributed by atoms with Crippen LogP contribution in [-0.2, 0) is 4.74 Å². The van der Waals surface area contributed by atoms with Gasteiger partial charge in [-0.3, -0.25) is 0 Å².